The Morgan fingerprint density at radius 3 is 2.25 bits per heavy atom. The number of likely N-dealkylation sites (tertiary alicyclic amines) is 1. The van der Waals surface area contributed by atoms with E-state index in [0.29, 0.717) is 5.54 Å². The lowest BCUT2D eigenvalue weighted by molar-refractivity contribution is -0.0160. The number of aliphatic hydroxyl groups is 1. The van der Waals surface area contributed by atoms with E-state index in [1.165, 1.54) is 19.3 Å². The maximum Gasteiger partial charge on any atom is 0.0564 e. The van der Waals surface area contributed by atoms with Crippen LogP contribution in [0.1, 0.15) is 39.0 Å². The fraction of sp³-hybridized carbons (Fsp3) is 1.00. The molecule has 0 radical (unpaired) electrons. The topological polar surface area (TPSA) is 23.5 Å². The molecule has 0 spiro atoms. The molecule has 0 atom stereocenters. The molecule has 70 valence electrons. The lowest BCUT2D eigenvalue weighted by atomic mass is 9.76. The molecule has 2 nitrogen and oxygen atoms in total. The zero-order valence-corrected chi connectivity index (χ0v) is 7.92. The Labute approximate surface area is 74.6 Å². The normalized spacial score (nSPS) is 31.5. The molecule has 0 aromatic carbocycles. The van der Waals surface area contributed by atoms with Crippen LogP contribution in [-0.4, -0.2) is 34.7 Å². The van der Waals surface area contributed by atoms with Gasteiger partial charge in [0.25, 0.3) is 0 Å². The van der Waals surface area contributed by atoms with Gasteiger partial charge < -0.3 is 5.11 Å². The van der Waals surface area contributed by atoms with Gasteiger partial charge in [-0.3, -0.25) is 4.90 Å². The predicted molar refractivity (Wildman–Crippen MR) is 49.1 cm³/mol. The molecule has 0 aromatic rings. The van der Waals surface area contributed by atoms with Crippen molar-refractivity contribution in [1.29, 1.82) is 0 Å². The zero-order valence-electron chi connectivity index (χ0n) is 7.92. The molecule has 0 bridgehead atoms. The summed E-state index contributed by atoms with van der Waals surface area (Å²) in [5.41, 5.74) is 0.500. The molecule has 1 heterocycles. The first-order valence-corrected chi connectivity index (χ1v) is 5.14. The van der Waals surface area contributed by atoms with Gasteiger partial charge in [0.1, 0.15) is 0 Å². The van der Waals surface area contributed by atoms with Crippen LogP contribution in [0.3, 0.4) is 0 Å². The summed E-state index contributed by atoms with van der Waals surface area (Å²) in [6, 6.07) is 0. The number of aliphatic hydroxyl groups excluding tert-OH is 1. The van der Waals surface area contributed by atoms with Crippen LogP contribution in [0.4, 0.5) is 0 Å². The van der Waals surface area contributed by atoms with Gasteiger partial charge in [-0.1, -0.05) is 0 Å². The van der Waals surface area contributed by atoms with Gasteiger partial charge in [0.05, 0.1) is 6.10 Å². The minimum Gasteiger partial charge on any atom is -0.393 e. The highest BCUT2D eigenvalue weighted by atomic mass is 16.3. The first-order valence-electron chi connectivity index (χ1n) is 5.14. The molecule has 12 heavy (non-hydrogen) atoms. The average molecular weight is 169 g/mol. The standard InChI is InChI=1S/C10H19NO/c1-10(5-2-6-10)11-7-3-9(12)4-8-11/h9,12H,2-8H2,1H3. The number of nitrogens with zero attached hydrogens (tertiary/aromatic N) is 1. The third-order valence-corrected chi connectivity index (χ3v) is 3.66. The molecule has 2 rings (SSSR count). The summed E-state index contributed by atoms with van der Waals surface area (Å²) in [7, 11) is 0. The lowest BCUT2D eigenvalue weighted by Crippen LogP contribution is -2.54. The molecule has 0 aromatic heterocycles. The van der Waals surface area contributed by atoms with Crippen molar-refractivity contribution in [3.05, 3.63) is 0 Å². The Balaban J connectivity index is 1.88. The van der Waals surface area contributed by atoms with E-state index in [9.17, 15) is 5.11 Å². The lowest BCUT2D eigenvalue weighted by Gasteiger charge is -2.50. The highest BCUT2D eigenvalue weighted by Gasteiger charge is 2.38. The van der Waals surface area contributed by atoms with Crippen LogP contribution in [0, 0.1) is 0 Å². The number of rotatable bonds is 1. The Morgan fingerprint density at radius 1 is 1.25 bits per heavy atom. The third kappa shape index (κ3) is 1.38. The van der Waals surface area contributed by atoms with E-state index in [0.717, 1.165) is 25.9 Å². The van der Waals surface area contributed by atoms with Crippen LogP contribution >= 0.6 is 0 Å². The van der Waals surface area contributed by atoms with E-state index in [2.05, 4.69) is 11.8 Å². The number of piperidine rings is 1. The van der Waals surface area contributed by atoms with Crippen LogP contribution in [0.5, 0.6) is 0 Å². The Bertz CT molecular complexity index is 157. The predicted octanol–water partition coefficient (Wildman–Crippen LogP) is 1.39. The third-order valence-electron chi connectivity index (χ3n) is 3.66. The van der Waals surface area contributed by atoms with Crippen molar-refractivity contribution in [1.82, 2.24) is 4.90 Å². The second kappa shape index (κ2) is 3.00. The van der Waals surface area contributed by atoms with Crippen LogP contribution in [0.15, 0.2) is 0 Å². The van der Waals surface area contributed by atoms with Gasteiger partial charge in [-0.2, -0.15) is 0 Å². The van der Waals surface area contributed by atoms with Crippen molar-refractivity contribution in [2.75, 3.05) is 13.1 Å². The number of hydrogen-bond acceptors (Lipinski definition) is 2. The van der Waals surface area contributed by atoms with Gasteiger partial charge >= 0.3 is 0 Å². The van der Waals surface area contributed by atoms with Crippen LogP contribution in [0.2, 0.25) is 0 Å². The van der Waals surface area contributed by atoms with Crippen LogP contribution in [-0.2, 0) is 0 Å². The summed E-state index contributed by atoms with van der Waals surface area (Å²) < 4.78 is 0. The first-order chi connectivity index (χ1) is 5.71. The summed E-state index contributed by atoms with van der Waals surface area (Å²) in [5.74, 6) is 0. The molecule has 2 aliphatic rings. The molecular weight excluding hydrogens is 150 g/mol. The molecule has 1 saturated carbocycles. The SMILES string of the molecule is CC1(N2CCC(O)CC2)CCC1. The zero-order chi connectivity index (χ0) is 8.60. The van der Waals surface area contributed by atoms with Gasteiger partial charge in [0, 0.05) is 18.6 Å². The van der Waals surface area contributed by atoms with Gasteiger partial charge in [-0.05, 0) is 39.0 Å². The fourth-order valence-electron chi connectivity index (χ4n) is 2.41. The Hall–Kier alpha value is -0.0800. The van der Waals surface area contributed by atoms with E-state index in [1.807, 2.05) is 0 Å². The monoisotopic (exact) mass is 169 g/mol. The van der Waals surface area contributed by atoms with E-state index in [4.69, 9.17) is 0 Å². The molecule has 2 fully saturated rings. The van der Waals surface area contributed by atoms with E-state index >= 15 is 0 Å². The minimum absolute atomic E-state index is 0.0232. The summed E-state index contributed by atoms with van der Waals surface area (Å²) >= 11 is 0. The average Bonchev–Trinajstić information content (AvgIpc) is 2.02. The van der Waals surface area contributed by atoms with Crippen LogP contribution < -0.4 is 0 Å². The summed E-state index contributed by atoms with van der Waals surface area (Å²) in [6.45, 7) is 4.59. The van der Waals surface area contributed by atoms with Crippen LogP contribution in [0.25, 0.3) is 0 Å². The summed E-state index contributed by atoms with van der Waals surface area (Å²) in [5, 5.41) is 9.36. The first kappa shape index (κ1) is 8.52. The second-order valence-electron chi connectivity index (χ2n) is 4.57. The summed E-state index contributed by atoms with van der Waals surface area (Å²) in [6.07, 6.45) is 6.07. The minimum atomic E-state index is -0.0232. The van der Waals surface area contributed by atoms with Crippen molar-refractivity contribution >= 4 is 0 Å². The van der Waals surface area contributed by atoms with E-state index in [1.54, 1.807) is 0 Å². The second-order valence-corrected chi connectivity index (χ2v) is 4.57. The van der Waals surface area contributed by atoms with Crippen molar-refractivity contribution < 1.29 is 5.11 Å². The summed E-state index contributed by atoms with van der Waals surface area (Å²) in [4.78, 5) is 2.57. The highest BCUT2D eigenvalue weighted by molar-refractivity contribution is 4.95. The van der Waals surface area contributed by atoms with Crippen molar-refractivity contribution in [2.24, 2.45) is 0 Å². The van der Waals surface area contributed by atoms with E-state index in [-0.39, 0.29) is 6.10 Å². The molecule has 1 aliphatic carbocycles. The van der Waals surface area contributed by atoms with E-state index < -0.39 is 0 Å². The molecule has 2 heteroatoms. The Kier molecular flexibility index (Phi) is 2.13. The molecule has 1 aliphatic heterocycles. The molecular formula is C10H19NO. The highest BCUT2D eigenvalue weighted by Crippen LogP contribution is 2.38. The van der Waals surface area contributed by atoms with Gasteiger partial charge in [-0.15, -0.1) is 0 Å². The quantitative estimate of drug-likeness (QED) is 0.641. The number of hydrogen-bond donors (Lipinski definition) is 1. The molecule has 0 amide bonds. The fourth-order valence-corrected chi connectivity index (χ4v) is 2.41. The van der Waals surface area contributed by atoms with Gasteiger partial charge in [0.2, 0.25) is 0 Å². The van der Waals surface area contributed by atoms with Crippen molar-refractivity contribution in [2.45, 2.75) is 50.7 Å². The van der Waals surface area contributed by atoms with Crippen molar-refractivity contribution in [3.63, 3.8) is 0 Å². The maximum atomic E-state index is 9.36. The smallest absolute Gasteiger partial charge is 0.0564 e. The maximum absolute atomic E-state index is 9.36. The Morgan fingerprint density at radius 2 is 1.83 bits per heavy atom. The van der Waals surface area contributed by atoms with Gasteiger partial charge in [-0.25, -0.2) is 0 Å². The van der Waals surface area contributed by atoms with Gasteiger partial charge in [0.15, 0.2) is 0 Å². The van der Waals surface area contributed by atoms with Crippen molar-refractivity contribution in [3.8, 4) is 0 Å². The molecule has 1 saturated heterocycles. The molecule has 0 unspecified atom stereocenters. The molecule has 1 N–H and O–H groups in total. The largest absolute Gasteiger partial charge is 0.393 e.